The molecule has 8 heteroatoms. The van der Waals surface area contributed by atoms with Gasteiger partial charge >= 0.3 is 0 Å². The maximum Gasteiger partial charge on any atom is 0.262 e. The Hall–Kier alpha value is -3.00. The minimum absolute atomic E-state index is 0.164. The van der Waals surface area contributed by atoms with E-state index in [0.29, 0.717) is 11.3 Å². The maximum absolute atomic E-state index is 13.0. The molecule has 7 nitrogen and oxygen atoms in total. The summed E-state index contributed by atoms with van der Waals surface area (Å²) >= 11 is 1.58. The summed E-state index contributed by atoms with van der Waals surface area (Å²) in [5.41, 5.74) is 3.70. The molecular weight excluding hydrogens is 412 g/mol. The third-order valence-corrected chi connectivity index (χ3v) is 7.08. The van der Waals surface area contributed by atoms with Crippen molar-refractivity contribution in [3.63, 3.8) is 0 Å². The molecule has 0 fully saturated rings. The van der Waals surface area contributed by atoms with E-state index >= 15 is 0 Å². The second-order valence-corrected chi connectivity index (χ2v) is 9.37. The molecule has 2 amide bonds. The van der Waals surface area contributed by atoms with Crippen LogP contribution in [-0.4, -0.2) is 27.9 Å². The van der Waals surface area contributed by atoms with Crippen LogP contribution < -0.4 is 16.2 Å². The highest BCUT2D eigenvalue weighted by atomic mass is 32.1. The highest BCUT2D eigenvalue weighted by Gasteiger charge is 2.23. The standard InChI is InChI=1S/C23H26N4O3S/c1-13-7-8-16-18(9-13)31-22-21(16)23(30)27(12-25-22)11-20(29)24-10-19(28)26-17-6-4-5-14(2)15(17)3/h4-6,12-13H,7-11H2,1-3H3,(H,24,29)(H,26,28)/t13-/m1/s1. The molecule has 0 unspecified atom stereocenters. The van der Waals surface area contributed by atoms with Crippen molar-refractivity contribution in [1.29, 1.82) is 0 Å². The average molecular weight is 439 g/mol. The van der Waals surface area contributed by atoms with Gasteiger partial charge in [0, 0.05) is 10.6 Å². The molecule has 2 N–H and O–H groups in total. The summed E-state index contributed by atoms with van der Waals surface area (Å²) in [7, 11) is 0. The number of nitrogens with one attached hydrogen (secondary N) is 2. The van der Waals surface area contributed by atoms with Crippen LogP contribution in [0.3, 0.4) is 0 Å². The zero-order chi connectivity index (χ0) is 22.1. The number of aromatic nitrogens is 2. The summed E-state index contributed by atoms with van der Waals surface area (Å²) in [4.78, 5) is 44.0. The van der Waals surface area contributed by atoms with Gasteiger partial charge in [-0.1, -0.05) is 19.1 Å². The van der Waals surface area contributed by atoms with Gasteiger partial charge in [0.25, 0.3) is 5.56 Å². The Balaban J connectivity index is 1.42. The van der Waals surface area contributed by atoms with Crippen LogP contribution in [0, 0.1) is 19.8 Å². The van der Waals surface area contributed by atoms with Gasteiger partial charge in [-0.05, 0) is 61.8 Å². The molecule has 0 radical (unpaired) electrons. The van der Waals surface area contributed by atoms with E-state index in [1.165, 1.54) is 15.8 Å². The largest absolute Gasteiger partial charge is 0.345 e. The van der Waals surface area contributed by atoms with Crippen molar-refractivity contribution < 1.29 is 9.59 Å². The second-order valence-electron chi connectivity index (χ2n) is 8.28. The van der Waals surface area contributed by atoms with Crippen LogP contribution in [0.15, 0.2) is 29.3 Å². The summed E-state index contributed by atoms with van der Waals surface area (Å²) < 4.78 is 1.32. The van der Waals surface area contributed by atoms with Crippen LogP contribution in [0.5, 0.6) is 0 Å². The molecule has 2 heterocycles. The SMILES string of the molecule is Cc1cccc(NC(=O)CNC(=O)Cn2cnc3sc4c(c3c2=O)CC[C@@H](C)C4)c1C. The molecule has 162 valence electrons. The minimum Gasteiger partial charge on any atom is -0.345 e. The number of carbonyl (C=O) groups is 2. The Bertz CT molecular complexity index is 1230. The van der Waals surface area contributed by atoms with Gasteiger partial charge in [0.2, 0.25) is 11.8 Å². The van der Waals surface area contributed by atoms with Crippen molar-refractivity contribution in [3.8, 4) is 0 Å². The van der Waals surface area contributed by atoms with Crippen LogP contribution in [0.2, 0.25) is 0 Å². The number of hydrogen-bond acceptors (Lipinski definition) is 5. The molecule has 2 aromatic heterocycles. The Kier molecular flexibility index (Phi) is 5.91. The van der Waals surface area contributed by atoms with Gasteiger partial charge in [0.1, 0.15) is 11.4 Å². The van der Waals surface area contributed by atoms with E-state index < -0.39 is 5.91 Å². The molecule has 4 rings (SSSR count). The van der Waals surface area contributed by atoms with E-state index in [1.807, 2.05) is 32.0 Å². The van der Waals surface area contributed by atoms with Gasteiger partial charge in [0.15, 0.2) is 0 Å². The molecule has 0 aliphatic heterocycles. The number of hydrogen-bond donors (Lipinski definition) is 2. The summed E-state index contributed by atoms with van der Waals surface area (Å²) in [6.07, 6.45) is 4.34. The lowest BCUT2D eigenvalue weighted by Crippen LogP contribution is -2.37. The molecule has 0 bridgehead atoms. The first-order valence-electron chi connectivity index (χ1n) is 10.5. The van der Waals surface area contributed by atoms with Crippen molar-refractivity contribution in [2.24, 2.45) is 5.92 Å². The third-order valence-electron chi connectivity index (χ3n) is 5.92. The molecular formula is C23H26N4O3S. The van der Waals surface area contributed by atoms with Gasteiger partial charge in [-0.15, -0.1) is 11.3 Å². The number of aryl methyl sites for hydroxylation is 2. The van der Waals surface area contributed by atoms with Crippen LogP contribution in [0.1, 0.15) is 34.9 Å². The number of rotatable bonds is 5. The van der Waals surface area contributed by atoms with Crippen molar-refractivity contribution >= 4 is 39.1 Å². The van der Waals surface area contributed by atoms with E-state index in [-0.39, 0.29) is 24.6 Å². The highest BCUT2D eigenvalue weighted by molar-refractivity contribution is 7.18. The molecule has 1 aromatic carbocycles. The van der Waals surface area contributed by atoms with Crippen LogP contribution in [-0.2, 0) is 29.0 Å². The quantitative estimate of drug-likeness (QED) is 0.641. The number of amides is 2. The number of fused-ring (bicyclic) bond motifs is 3. The van der Waals surface area contributed by atoms with Crippen molar-refractivity contribution in [1.82, 2.24) is 14.9 Å². The first-order chi connectivity index (χ1) is 14.8. The van der Waals surface area contributed by atoms with Crippen LogP contribution in [0.4, 0.5) is 5.69 Å². The summed E-state index contributed by atoms with van der Waals surface area (Å²) in [6.45, 7) is 5.80. The van der Waals surface area contributed by atoms with Gasteiger partial charge in [-0.3, -0.25) is 19.0 Å². The Morgan fingerprint density at radius 3 is 2.87 bits per heavy atom. The smallest absolute Gasteiger partial charge is 0.262 e. The predicted octanol–water partition coefficient (Wildman–Crippen LogP) is 2.95. The second kappa shape index (κ2) is 8.63. The lowest BCUT2D eigenvalue weighted by atomic mass is 9.89. The molecule has 1 aliphatic carbocycles. The van der Waals surface area contributed by atoms with Crippen molar-refractivity contribution in [2.75, 3.05) is 11.9 Å². The van der Waals surface area contributed by atoms with Crippen LogP contribution in [0.25, 0.3) is 10.2 Å². The van der Waals surface area contributed by atoms with E-state index in [0.717, 1.165) is 46.5 Å². The van der Waals surface area contributed by atoms with Crippen LogP contribution >= 0.6 is 11.3 Å². The zero-order valence-corrected chi connectivity index (χ0v) is 18.8. The summed E-state index contributed by atoms with van der Waals surface area (Å²) in [5.74, 6) is -0.107. The van der Waals surface area contributed by atoms with Gasteiger partial charge < -0.3 is 10.6 Å². The first-order valence-corrected chi connectivity index (χ1v) is 11.3. The lowest BCUT2D eigenvalue weighted by Gasteiger charge is -2.17. The van der Waals surface area contributed by atoms with Gasteiger partial charge in [-0.2, -0.15) is 0 Å². The molecule has 0 spiro atoms. The molecule has 1 atom stereocenters. The number of thiophene rings is 1. The van der Waals surface area contributed by atoms with E-state index in [9.17, 15) is 14.4 Å². The first kappa shape index (κ1) is 21.2. The fraction of sp³-hybridized carbons (Fsp3) is 0.391. The van der Waals surface area contributed by atoms with Gasteiger partial charge in [-0.25, -0.2) is 4.98 Å². The third kappa shape index (κ3) is 4.39. The van der Waals surface area contributed by atoms with Gasteiger partial charge in [0.05, 0.1) is 18.3 Å². The van der Waals surface area contributed by atoms with E-state index in [1.54, 1.807) is 11.3 Å². The topological polar surface area (TPSA) is 93.1 Å². The number of benzene rings is 1. The minimum atomic E-state index is -0.405. The highest BCUT2D eigenvalue weighted by Crippen LogP contribution is 2.35. The fourth-order valence-electron chi connectivity index (χ4n) is 3.95. The van der Waals surface area contributed by atoms with E-state index in [4.69, 9.17) is 0 Å². The van der Waals surface area contributed by atoms with E-state index in [2.05, 4.69) is 22.5 Å². The molecule has 0 saturated carbocycles. The van der Waals surface area contributed by atoms with Crippen molar-refractivity contribution in [3.05, 3.63) is 56.4 Å². The molecule has 31 heavy (non-hydrogen) atoms. The molecule has 1 aliphatic rings. The Morgan fingerprint density at radius 2 is 2.06 bits per heavy atom. The summed E-state index contributed by atoms with van der Waals surface area (Å²) in [5, 5.41) is 6.04. The number of anilines is 1. The molecule has 0 saturated heterocycles. The Labute approximate surface area is 184 Å². The summed E-state index contributed by atoms with van der Waals surface area (Å²) in [6, 6.07) is 5.67. The number of nitrogens with zero attached hydrogens (tertiary/aromatic N) is 2. The normalized spacial score (nSPS) is 15.5. The Morgan fingerprint density at radius 1 is 1.26 bits per heavy atom. The fourth-order valence-corrected chi connectivity index (χ4v) is 5.29. The monoisotopic (exact) mass is 438 g/mol. The lowest BCUT2D eigenvalue weighted by molar-refractivity contribution is -0.124. The zero-order valence-electron chi connectivity index (χ0n) is 17.9. The maximum atomic E-state index is 13.0. The average Bonchev–Trinajstić information content (AvgIpc) is 3.10. The molecule has 3 aromatic rings. The van der Waals surface area contributed by atoms with Crippen molar-refractivity contribution in [2.45, 2.75) is 46.6 Å². The predicted molar refractivity (Wildman–Crippen MR) is 123 cm³/mol. The number of carbonyl (C=O) groups excluding carboxylic acids is 2.